The van der Waals surface area contributed by atoms with E-state index in [1.54, 1.807) is 13.8 Å². The molecule has 1 aromatic rings. The quantitative estimate of drug-likeness (QED) is 0.813. The van der Waals surface area contributed by atoms with Gasteiger partial charge in [-0.15, -0.1) is 0 Å². The maximum Gasteiger partial charge on any atom is 0.375 e. The van der Waals surface area contributed by atoms with E-state index < -0.39 is 18.3 Å². The molecule has 0 saturated carbocycles. The van der Waals surface area contributed by atoms with Crippen LogP contribution in [0.5, 0.6) is 0 Å². The van der Waals surface area contributed by atoms with Gasteiger partial charge >= 0.3 is 11.9 Å². The van der Waals surface area contributed by atoms with Gasteiger partial charge in [-0.2, -0.15) is 8.78 Å². The molecule has 6 heteroatoms. The third kappa shape index (κ3) is 2.07. The second kappa shape index (κ2) is 3.36. The van der Waals surface area contributed by atoms with E-state index in [2.05, 4.69) is 4.98 Å². The Kier molecular flexibility index (Phi) is 2.55. The number of aliphatic carboxylic acids is 1. The molecule has 0 atom stereocenters. The van der Waals surface area contributed by atoms with Crippen LogP contribution in [0, 0.1) is 13.8 Å². The van der Waals surface area contributed by atoms with Gasteiger partial charge in [0, 0.05) is 0 Å². The lowest BCUT2D eigenvalue weighted by molar-refractivity contribution is -0.165. The fourth-order valence-electron chi connectivity index (χ4n) is 0.880. The lowest BCUT2D eigenvalue weighted by Crippen LogP contribution is -2.30. The fourth-order valence-corrected chi connectivity index (χ4v) is 0.880. The van der Waals surface area contributed by atoms with Crippen LogP contribution in [0.4, 0.5) is 8.78 Å². The second-order valence-electron chi connectivity index (χ2n) is 2.94. The van der Waals surface area contributed by atoms with Crippen molar-refractivity contribution in [3.05, 3.63) is 17.3 Å². The van der Waals surface area contributed by atoms with Crippen LogP contribution >= 0.6 is 0 Å². The summed E-state index contributed by atoms with van der Waals surface area (Å²) in [6, 6.07) is 0. The predicted octanol–water partition coefficient (Wildman–Crippen LogP) is 1.55. The number of aryl methyl sites for hydroxylation is 2. The van der Waals surface area contributed by atoms with Crippen LogP contribution in [-0.4, -0.2) is 22.0 Å². The molecule has 0 radical (unpaired) electrons. The van der Waals surface area contributed by atoms with Gasteiger partial charge in [-0.25, -0.2) is 9.78 Å². The van der Waals surface area contributed by atoms with Gasteiger partial charge in [-0.1, -0.05) is 0 Å². The van der Waals surface area contributed by atoms with Crippen molar-refractivity contribution in [3.8, 4) is 0 Å². The molecule has 0 aliphatic carbocycles. The maximum atomic E-state index is 12.7. The molecule has 0 aliphatic rings. The van der Waals surface area contributed by atoms with Crippen molar-refractivity contribution in [2.24, 2.45) is 0 Å². The Morgan fingerprint density at radius 3 is 2.50 bits per heavy atom. The first kappa shape index (κ1) is 10.6. The van der Waals surface area contributed by atoms with Gasteiger partial charge in [-0.05, 0) is 13.8 Å². The van der Waals surface area contributed by atoms with Crippen molar-refractivity contribution in [2.45, 2.75) is 26.2 Å². The van der Waals surface area contributed by atoms with Crippen LogP contribution in [0.3, 0.4) is 0 Å². The van der Waals surface area contributed by atoms with E-state index in [1.165, 1.54) is 0 Å². The molecule has 0 aromatic carbocycles. The smallest absolute Gasteiger partial charge is 0.375 e. The number of oxazole rings is 1. The number of carbonyl (C=O) groups is 1. The molecule has 1 aromatic heterocycles. The van der Waals surface area contributed by atoms with E-state index in [9.17, 15) is 13.6 Å². The highest BCUT2D eigenvalue weighted by molar-refractivity contribution is 5.75. The third-order valence-electron chi connectivity index (χ3n) is 1.76. The van der Waals surface area contributed by atoms with Crippen LogP contribution < -0.4 is 0 Å². The molecule has 78 valence electrons. The third-order valence-corrected chi connectivity index (χ3v) is 1.76. The van der Waals surface area contributed by atoms with Crippen molar-refractivity contribution in [2.75, 3.05) is 0 Å². The maximum absolute atomic E-state index is 12.7. The molecule has 1 rings (SSSR count). The van der Waals surface area contributed by atoms with E-state index in [-0.39, 0.29) is 5.89 Å². The first-order valence-electron chi connectivity index (χ1n) is 3.87. The van der Waals surface area contributed by atoms with Crippen LogP contribution in [0.15, 0.2) is 4.42 Å². The topological polar surface area (TPSA) is 63.3 Å². The van der Waals surface area contributed by atoms with Crippen molar-refractivity contribution in [1.29, 1.82) is 0 Å². The second-order valence-corrected chi connectivity index (χ2v) is 2.94. The molecule has 0 fully saturated rings. The number of hydrogen-bond acceptors (Lipinski definition) is 3. The van der Waals surface area contributed by atoms with Crippen molar-refractivity contribution < 1.29 is 23.1 Å². The minimum absolute atomic E-state index is 0.257. The number of carboxylic acids is 1. The number of aromatic nitrogens is 1. The average Bonchev–Trinajstić information content (AvgIpc) is 2.29. The summed E-state index contributed by atoms with van der Waals surface area (Å²) in [5.74, 6) is -5.84. The van der Waals surface area contributed by atoms with E-state index in [1.807, 2.05) is 0 Å². The summed E-state index contributed by atoms with van der Waals surface area (Å²) in [5.41, 5.74) is 0.487. The zero-order valence-corrected chi connectivity index (χ0v) is 7.67. The van der Waals surface area contributed by atoms with Crippen LogP contribution in [-0.2, 0) is 11.2 Å². The Morgan fingerprint density at radius 2 is 2.14 bits per heavy atom. The van der Waals surface area contributed by atoms with Gasteiger partial charge in [-0.3, -0.25) is 0 Å². The summed E-state index contributed by atoms with van der Waals surface area (Å²) in [6.45, 7) is 3.17. The summed E-state index contributed by atoms with van der Waals surface area (Å²) in [6.07, 6.45) is -1.02. The Hall–Kier alpha value is -1.46. The summed E-state index contributed by atoms with van der Waals surface area (Å²) >= 11 is 0. The lowest BCUT2D eigenvalue weighted by Gasteiger charge is -2.07. The molecule has 1 N–H and O–H groups in total. The molecule has 14 heavy (non-hydrogen) atoms. The number of alkyl halides is 2. The van der Waals surface area contributed by atoms with Crippen LogP contribution in [0.1, 0.15) is 17.3 Å². The number of hydrogen-bond donors (Lipinski definition) is 1. The van der Waals surface area contributed by atoms with Crippen LogP contribution in [0.2, 0.25) is 0 Å². The summed E-state index contributed by atoms with van der Waals surface area (Å²) in [7, 11) is 0. The Morgan fingerprint density at radius 1 is 1.57 bits per heavy atom. The molecular weight excluding hydrogens is 196 g/mol. The van der Waals surface area contributed by atoms with E-state index in [0.29, 0.717) is 11.5 Å². The SMILES string of the molecule is Cc1nc(CC(F)(F)C(=O)O)oc1C. The Bertz CT molecular complexity index is 340. The molecule has 1 heterocycles. The molecule has 0 aliphatic heterocycles. The largest absolute Gasteiger partial charge is 0.477 e. The Balaban J connectivity index is 2.84. The highest BCUT2D eigenvalue weighted by Gasteiger charge is 2.40. The highest BCUT2D eigenvalue weighted by atomic mass is 19.3. The minimum Gasteiger partial charge on any atom is -0.477 e. The summed E-state index contributed by atoms with van der Waals surface area (Å²) in [4.78, 5) is 13.8. The summed E-state index contributed by atoms with van der Waals surface area (Å²) < 4.78 is 30.2. The van der Waals surface area contributed by atoms with Gasteiger partial charge in [0.05, 0.1) is 12.1 Å². The van der Waals surface area contributed by atoms with Crippen LogP contribution in [0.25, 0.3) is 0 Å². The van der Waals surface area contributed by atoms with Crippen molar-refractivity contribution in [1.82, 2.24) is 4.98 Å². The molecule has 0 unspecified atom stereocenters. The van der Waals surface area contributed by atoms with Crippen molar-refractivity contribution in [3.63, 3.8) is 0 Å². The van der Waals surface area contributed by atoms with Gasteiger partial charge in [0.25, 0.3) is 0 Å². The molecule has 0 bridgehead atoms. The lowest BCUT2D eigenvalue weighted by atomic mass is 10.2. The van der Waals surface area contributed by atoms with Gasteiger partial charge in [0.2, 0.25) is 5.89 Å². The number of carboxylic acid groups (broad SMARTS) is 1. The molecule has 0 amide bonds. The van der Waals surface area contributed by atoms with E-state index in [0.717, 1.165) is 0 Å². The molecule has 0 saturated heterocycles. The van der Waals surface area contributed by atoms with Gasteiger partial charge in [0.15, 0.2) is 0 Å². The standard InChI is InChI=1S/C8H9F2NO3/c1-4-5(2)14-6(11-4)3-8(9,10)7(12)13/h3H2,1-2H3,(H,12,13). The fraction of sp³-hybridized carbons (Fsp3) is 0.500. The number of halogens is 2. The van der Waals surface area contributed by atoms with E-state index >= 15 is 0 Å². The predicted molar refractivity (Wildman–Crippen MR) is 42.3 cm³/mol. The molecular formula is C8H9F2NO3. The van der Waals surface area contributed by atoms with E-state index in [4.69, 9.17) is 9.52 Å². The molecule has 0 spiro atoms. The van der Waals surface area contributed by atoms with Gasteiger partial charge in [0.1, 0.15) is 5.76 Å². The number of rotatable bonds is 3. The summed E-state index contributed by atoms with van der Waals surface area (Å²) in [5, 5.41) is 8.16. The average molecular weight is 205 g/mol. The van der Waals surface area contributed by atoms with Gasteiger partial charge < -0.3 is 9.52 Å². The first-order chi connectivity index (χ1) is 6.33. The number of nitrogens with zero attached hydrogens (tertiary/aromatic N) is 1. The normalized spacial score (nSPS) is 11.7. The monoisotopic (exact) mass is 205 g/mol. The minimum atomic E-state index is -3.83. The first-order valence-corrected chi connectivity index (χ1v) is 3.87. The highest BCUT2D eigenvalue weighted by Crippen LogP contribution is 2.21. The Labute approximate surface area is 78.6 Å². The zero-order valence-electron chi connectivity index (χ0n) is 7.67. The zero-order chi connectivity index (χ0) is 10.9. The van der Waals surface area contributed by atoms with Crippen molar-refractivity contribution >= 4 is 5.97 Å². The molecule has 4 nitrogen and oxygen atoms in total.